The molecule has 0 spiro atoms. The third-order valence-corrected chi connectivity index (χ3v) is 5.37. The molecule has 4 heteroatoms. The number of nitrogens with two attached hydrogens (primary N) is 1. The minimum atomic E-state index is -0.205. The van der Waals surface area contributed by atoms with E-state index in [2.05, 4.69) is 74.2 Å². The molecule has 1 heterocycles. The van der Waals surface area contributed by atoms with Crippen molar-refractivity contribution in [3.8, 4) is 0 Å². The van der Waals surface area contributed by atoms with Gasteiger partial charge in [0.25, 0.3) is 0 Å². The molecule has 2 rings (SSSR count). The van der Waals surface area contributed by atoms with Crippen molar-refractivity contribution in [2.24, 2.45) is 11.8 Å². The lowest BCUT2D eigenvalue weighted by Crippen LogP contribution is -2.41. The van der Waals surface area contributed by atoms with Crippen LogP contribution in [0.1, 0.15) is 51.3 Å². The molecule has 2 unspecified atom stereocenters. The molecule has 3 nitrogen and oxygen atoms in total. The van der Waals surface area contributed by atoms with Gasteiger partial charge in [-0.3, -0.25) is 11.3 Å². The predicted molar refractivity (Wildman–Crippen MR) is 86.3 cm³/mol. The first-order valence-electron chi connectivity index (χ1n) is 7.09. The molecular formula is C16H25BrN2O. The molecule has 0 saturated carbocycles. The average molecular weight is 341 g/mol. The normalized spacial score (nSPS) is 25.6. The molecule has 1 aliphatic heterocycles. The molecule has 112 valence electrons. The molecule has 1 aliphatic rings. The summed E-state index contributed by atoms with van der Waals surface area (Å²) in [4.78, 5) is 0. The lowest BCUT2D eigenvalue weighted by atomic mass is 9.79. The van der Waals surface area contributed by atoms with Gasteiger partial charge >= 0.3 is 0 Å². The van der Waals surface area contributed by atoms with Crippen molar-refractivity contribution < 1.29 is 4.74 Å². The second-order valence-electron chi connectivity index (χ2n) is 6.90. The van der Waals surface area contributed by atoms with Crippen LogP contribution in [0.5, 0.6) is 0 Å². The van der Waals surface area contributed by atoms with E-state index in [0.717, 1.165) is 10.9 Å². The molecule has 0 aromatic heterocycles. The van der Waals surface area contributed by atoms with Crippen molar-refractivity contribution in [2.75, 3.05) is 0 Å². The summed E-state index contributed by atoms with van der Waals surface area (Å²) in [5.41, 5.74) is 5.12. The van der Waals surface area contributed by atoms with Gasteiger partial charge in [-0.2, -0.15) is 0 Å². The van der Waals surface area contributed by atoms with E-state index >= 15 is 0 Å². The zero-order chi connectivity index (χ0) is 15.1. The maximum atomic E-state index is 6.21. The molecule has 1 saturated heterocycles. The Morgan fingerprint density at radius 3 is 2.50 bits per heavy atom. The van der Waals surface area contributed by atoms with Gasteiger partial charge in [0.1, 0.15) is 0 Å². The molecule has 1 aromatic carbocycles. The Labute approximate surface area is 130 Å². The summed E-state index contributed by atoms with van der Waals surface area (Å²) in [6.07, 6.45) is 0.981. The van der Waals surface area contributed by atoms with Crippen LogP contribution in [0.3, 0.4) is 0 Å². The van der Waals surface area contributed by atoms with Crippen molar-refractivity contribution in [3.63, 3.8) is 0 Å². The number of halogens is 1. The summed E-state index contributed by atoms with van der Waals surface area (Å²) < 4.78 is 7.34. The minimum Gasteiger partial charge on any atom is -0.369 e. The summed E-state index contributed by atoms with van der Waals surface area (Å²) in [7, 11) is 0. The third kappa shape index (κ3) is 2.93. The van der Waals surface area contributed by atoms with Crippen LogP contribution in [0.25, 0.3) is 0 Å². The molecular weight excluding hydrogens is 316 g/mol. The van der Waals surface area contributed by atoms with Crippen molar-refractivity contribution >= 4 is 15.9 Å². The number of aryl methyl sites for hydroxylation is 1. The highest BCUT2D eigenvalue weighted by molar-refractivity contribution is 9.10. The highest BCUT2D eigenvalue weighted by atomic mass is 79.9. The molecule has 0 radical (unpaired) electrons. The van der Waals surface area contributed by atoms with Crippen LogP contribution in [0.4, 0.5) is 0 Å². The summed E-state index contributed by atoms with van der Waals surface area (Å²) in [6.45, 7) is 10.7. The Morgan fingerprint density at radius 1 is 1.35 bits per heavy atom. The Morgan fingerprint density at radius 2 is 2.00 bits per heavy atom. The number of rotatable bonds is 3. The first kappa shape index (κ1) is 16.0. The van der Waals surface area contributed by atoms with Crippen LogP contribution in [0, 0.1) is 12.8 Å². The van der Waals surface area contributed by atoms with Crippen LogP contribution < -0.4 is 11.3 Å². The molecule has 0 aliphatic carbocycles. The summed E-state index contributed by atoms with van der Waals surface area (Å²) >= 11 is 3.70. The van der Waals surface area contributed by atoms with Crippen molar-refractivity contribution in [1.29, 1.82) is 0 Å². The van der Waals surface area contributed by atoms with Crippen molar-refractivity contribution in [3.05, 3.63) is 33.8 Å². The number of nitrogens with one attached hydrogen (secondary N) is 1. The Bertz CT molecular complexity index is 499. The first-order chi connectivity index (χ1) is 9.18. The van der Waals surface area contributed by atoms with E-state index in [1.165, 1.54) is 11.1 Å². The topological polar surface area (TPSA) is 47.3 Å². The maximum absolute atomic E-state index is 6.21. The van der Waals surface area contributed by atoms with Gasteiger partial charge in [0.05, 0.1) is 17.2 Å². The van der Waals surface area contributed by atoms with E-state index in [1.807, 2.05) is 0 Å². The molecule has 0 amide bonds. The van der Waals surface area contributed by atoms with Gasteiger partial charge in [0.15, 0.2) is 0 Å². The van der Waals surface area contributed by atoms with Gasteiger partial charge in [-0.05, 0) is 52.2 Å². The third-order valence-electron chi connectivity index (χ3n) is 4.28. The number of hydrogen-bond acceptors (Lipinski definition) is 3. The van der Waals surface area contributed by atoms with Crippen molar-refractivity contribution in [1.82, 2.24) is 5.43 Å². The number of hydrazine groups is 1. The van der Waals surface area contributed by atoms with Gasteiger partial charge in [-0.25, -0.2) is 0 Å². The fourth-order valence-electron chi connectivity index (χ4n) is 3.46. The second kappa shape index (κ2) is 5.41. The largest absolute Gasteiger partial charge is 0.369 e. The Hall–Kier alpha value is -0.420. The Kier molecular flexibility index (Phi) is 4.32. The smallest absolute Gasteiger partial charge is 0.0681 e. The van der Waals surface area contributed by atoms with Gasteiger partial charge < -0.3 is 4.74 Å². The van der Waals surface area contributed by atoms with E-state index in [0.29, 0.717) is 5.92 Å². The predicted octanol–water partition coefficient (Wildman–Crippen LogP) is 3.86. The lowest BCUT2D eigenvalue weighted by Gasteiger charge is -2.33. The van der Waals surface area contributed by atoms with E-state index in [9.17, 15) is 0 Å². The fraction of sp³-hybridized carbons (Fsp3) is 0.625. The Balaban J connectivity index is 2.40. The van der Waals surface area contributed by atoms with Crippen LogP contribution in [-0.2, 0) is 4.74 Å². The zero-order valence-electron chi connectivity index (χ0n) is 13.0. The zero-order valence-corrected chi connectivity index (χ0v) is 14.5. The number of ether oxygens (including phenoxy) is 1. The van der Waals surface area contributed by atoms with Crippen LogP contribution in [-0.4, -0.2) is 11.2 Å². The highest BCUT2D eigenvalue weighted by Gasteiger charge is 2.49. The monoisotopic (exact) mass is 340 g/mol. The van der Waals surface area contributed by atoms with E-state index < -0.39 is 0 Å². The number of hydrogen-bond donors (Lipinski definition) is 2. The summed E-state index contributed by atoms with van der Waals surface area (Å²) in [5.74, 6) is 6.21. The first-order valence-corrected chi connectivity index (χ1v) is 7.88. The molecule has 1 fully saturated rings. The van der Waals surface area contributed by atoms with Crippen LogP contribution in [0.15, 0.2) is 22.7 Å². The molecule has 1 aromatic rings. The molecule has 2 atom stereocenters. The van der Waals surface area contributed by atoms with Gasteiger partial charge in [0.2, 0.25) is 0 Å². The van der Waals surface area contributed by atoms with Gasteiger partial charge in [0, 0.05) is 10.4 Å². The molecule has 20 heavy (non-hydrogen) atoms. The molecule has 3 N–H and O–H groups in total. The molecule has 0 bridgehead atoms. The average Bonchev–Trinajstić information content (AvgIpc) is 2.54. The van der Waals surface area contributed by atoms with Crippen LogP contribution in [0.2, 0.25) is 0 Å². The number of benzene rings is 1. The van der Waals surface area contributed by atoms with Gasteiger partial charge in [-0.15, -0.1) is 0 Å². The van der Waals surface area contributed by atoms with Crippen molar-refractivity contribution in [2.45, 2.75) is 58.3 Å². The summed E-state index contributed by atoms with van der Waals surface area (Å²) in [6, 6.07) is 6.37. The maximum Gasteiger partial charge on any atom is 0.0681 e. The quantitative estimate of drug-likeness (QED) is 0.648. The standard InChI is InChI=1S/C16H25BrN2O/c1-10-7-6-8-11(13(10)17)14(19-18)12-9-15(2,3)20-16(12,4)5/h6-8,12,14,19H,9,18H2,1-5H3. The second-order valence-corrected chi connectivity index (χ2v) is 7.69. The van der Waals surface area contributed by atoms with Gasteiger partial charge in [-0.1, -0.05) is 34.1 Å². The van der Waals surface area contributed by atoms with E-state index in [4.69, 9.17) is 10.6 Å². The summed E-state index contributed by atoms with van der Waals surface area (Å²) in [5, 5.41) is 0. The minimum absolute atomic E-state index is 0.0704. The van der Waals surface area contributed by atoms with E-state index in [-0.39, 0.29) is 17.2 Å². The highest BCUT2D eigenvalue weighted by Crippen LogP contribution is 2.48. The fourth-order valence-corrected chi connectivity index (χ4v) is 3.97. The van der Waals surface area contributed by atoms with Crippen LogP contribution >= 0.6 is 15.9 Å². The van der Waals surface area contributed by atoms with E-state index in [1.54, 1.807) is 0 Å². The SMILES string of the molecule is Cc1cccc(C(NN)C2CC(C)(C)OC2(C)C)c1Br. The lowest BCUT2D eigenvalue weighted by molar-refractivity contribution is -0.0779.